The highest BCUT2D eigenvalue weighted by molar-refractivity contribution is 9.10. The van der Waals surface area contributed by atoms with E-state index in [-0.39, 0.29) is 15.2 Å². The third kappa shape index (κ3) is 3.23. The predicted octanol–water partition coefficient (Wildman–Crippen LogP) is 3.84. The number of halogens is 2. The summed E-state index contributed by atoms with van der Waals surface area (Å²) in [5, 5.41) is 0.305. The lowest BCUT2D eigenvalue weighted by Gasteiger charge is -2.03. The molecule has 0 amide bonds. The van der Waals surface area contributed by atoms with E-state index in [0.29, 0.717) is 10.4 Å². The second-order valence-electron chi connectivity index (χ2n) is 3.43. The number of carbonyl (C=O) groups excluding carboxylic acids is 1. The number of rotatable bonds is 3. The molecule has 0 aliphatic rings. The van der Waals surface area contributed by atoms with Gasteiger partial charge in [0.25, 0.3) is 5.19 Å². The van der Waals surface area contributed by atoms with Crippen molar-refractivity contribution in [3.8, 4) is 10.9 Å². The largest absolute Gasteiger partial charge is 0.465 e. The molecule has 8 heteroatoms. The maximum atomic E-state index is 11.4. The van der Waals surface area contributed by atoms with E-state index < -0.39 is 5.97 Å². The number of thiazole rings is 1. The summed E-state index contributed by atoms with van der Waals surface area (Å²) in [5.41, 5.74) is 0.853. The van der Waals surface area contributed by atoms with Gasteiger partial charge in [0, 0.05) is 5.69 Å². The predicted molar refractivity (Wildman–Crippen MR) is 75.2 cm³/mol. The Morgan fingerprint density at radius 3 is 2.79 bits per heavy atom. The second-order valence-corrected chi connectivity index (χ2v) is 5.51. The van der Waals surface area contributed by atoms with Crippen molar-refractivity contribution in [3.05, 3.63) is 32.5 Å². The lowest BCUT2D eigenvalue weighted by atomic mass is 10.4. The maximum absolute atomic E-state index is 11.4. The summed E-state index contributed by atoms with van der Waals surface area (Å²) in [6, 6.07) is 3.55. The average Bonchev–Trinajstić information content (AvgIpc) is 2.73. The van der Waals surface area contributed by atoms with Crippen LogP contribution < -0.4 is 4.74 Å². The van der Waals surface area contributed by atoms with Gasteiger partial charge in [-0.25, -0.2) is 9.78 Å². The number of aryl methyl sites for hydroxylation is 1. The molecule has 100 valence electrons. The Hall–Kier alpha value is -1.18. The minimum absolute atomic E-state index is 0.0584. The Morgan fingerprint density at radius 2 is 2.16 bits per heavy atom. The quantitative estimate of drug-likeness (QED) is 0.612. The maximum Gasteiger partial charge on any atom is 0.351 e. The van der Waals surface area contributed by atoms with Gasteiger partial charge in [0.15, 0.2) is 15.8 Å². The number of ether oxygens (including phenoxy) is 2. The van der Waals surface area contributed by atoms with E-state index in [1.165, 1.54) is 7.11 Å². The summed E-state index contributed by atoms with van der Waals surface area (Å²) >= 11 is 10.1. The highest BCUT2D eigenvalue weighted by Crippen LogP contribution is 2.34. The van der Waals surface area contributed by atoms with E-state index in [9.17, 15) is 4.79 Å². The monoisotopic (exact) mass is 362 g/mol. The second kappa shape index (κ2) is 5.85. The van der Waals surface area contributed by atoms with Gasteiger partial charge in [-0.3, -0.25) is 0 Å². The molecular formula is C11H8BrClN2O3S. The van der Waals surface area contributed by atoms with Crippen molar-refractivity contribution in [1.29, 1.82) is 0 Å². The highest BCUT2D eigenvalue weighted by atomic mass is 79.9. The average molecular weight is 364 g/mol. The van der Waals surface area contributed by atoms with Crippen molar-refractivity contribution in [2.45, 2.75) is 6.92 Å². The van der Waals surface area contributed by atoms with Crippen LogP contribution in [0.2, 0.25) is 5.15 Å². The zero-order valence-corrected chi connectivity index (χ0v) is 13.1. The van der Waals surface area contributed by atoms with Crippen LogP contribution in [0.3, 0.4) is 0 Å². The number of hydrogen-bond acceptors (Lipinski definition) is 6. The van der Waals surface area contributed by atoms with Crippen LogP contribution in [-0.2, 0) is 4.74 Å². The molecule has 0 aromatic carbocycles. The minimum Gasteiger partial charge on any atom is -0.465 e. The third-order valence-corrected chi connectivity index (χ3v) is 3.96. The highest BCUT2D eigenvalue weighted by Gasteiger charge is 2.19. The zero-order chi connectivity index (χ0) is 14.0. The summed E-state index contributed by atoms with van der Waals surface area (Å²) in [6.45, 7) is 1.87. The van der Waals surface area contributed by atoms with Crippen LogP contribution in [0.1, 0.15) is 15.4 Å². The zero-order valence-electron chi connectivity index (χ0n) is 9.94. The topological polar surface area (TPSA) is 61.3 Å². The van der Waals surface area contributed by atoms with Gasteiger partial charge in [-0.05, 0) is 35.0 Å². The summed E-state index contributed by atoms with van der Waals surface area (Å²) in [4.78, 5) is 19.7. The first-order valence-corrected chi connectivity index (χ1v) is 7.05. The summed E-state index contributed by atoms with van der Waals surface area (Å²) in [5.74, 6) is -0.0501. The lowest BCUT2D eigenvalue weighted by molar-refractivity contribution is 0.0606. The molecule has 0 fully saturated rings. The molecule has 0 N–H and O–H groups in total. The van der Waals surface area contributed by atoms with E-state index in [2.05, 4.69) is 30.6 Å². The molecule has 0 aliphatic carbocycles. The lowest BCUT2D eigenvalue weighted by Crippen LogP contribution is -1.98. The molecule has 0 spiro atoms. The van der Waals surface area contributed by atoms with Gasteiger partial charge < -0.3 is 9.47 Å². The van der Waals surface area contributed by atoms with Gasteiger partial charge >= 0.3 is 5.97 Å². The number of esters is 1. The van der Waals surface area contributed by atoms with E-state index >= 15 is 0 Å². The smallest absolute Gasteiger partial charge is 0.351 e. The first-order chi connectivity index (χ1) is 9.01. The third-order valence-electron chi connectivity index (χ3n) is 2.09. The first kappa shape index (κ1) is 14.2. The van der Waals surface area contributed by atoms with Gasteiger partial charge in [0.2, 0.25) is 0 Å². The van der Waals surface area contributed by atoms with Crippen LogP contribution in [0.15, 0.2) is 16.7 Å². The van der Waals surface area contributed by atoms with Crippen LogP contribution in [0.25, 0.3) is 0 Å². The molecule has 2 aromatic rings. The Labute approximate surface area is 126 Å². The van der Waals surface area contributed by atoms with Crippen molar-refractivity contribution in [2.24, 2.45) is 0 Å². The Morgan fingerprint density at radius 1 is 1.42 bits per heavy atom. The van der Waals surface area contributed by atoms with E-state index in [1.54, 1.807) is 12.1 Å². The summed E-state index contributed by atoms with van der Waals surface area (Å²) in [7, 11) is 1.28. The van der Waals surface area contributed by atoms with Crippen LogP contribution in [-0.4, -0.2) is 23.0 Å². The number of methoxy groups -OCH3 is 1. The number of carbonyl (C=O) groups is 1. The van der Waals surface area contributed by atoms with Crippen LogP contribution in [0.5, 0.6) is 10.9 Å². The molecule has 0 bridgehead atoms. The molecular weight excluding hydrogens is 356 g/mol. The first-order valence-electron chi connectivity index (χ1n) is 5.07. The number of nitrogens with zero attached hydrogens (tertiary/aromatic N) is 2. The van der Waals surface area contributed by atoms with Crippen molar-refractivity contribution in [1.82, 2.24) is 9.97 Å². The molecule has 19 heavy (non-hydrogen) atoms. The normalized spacial score (nSPS) is 10.3. The van der Waals surface area contributed by atoms with Crippen LogP contribution in [0, 0.1) is 6.92 Å². The molecule has 2 heterocycles. The fourth-order valence-corrected chi connectivity index (χ4v) is 2.78. The molecule has 0 saturated heterocycles. The fourth-order valence-electron chi connectivity index (χ4n) is 1.23. The van der Waals surface area contributed by atoms with Crippen LogP contribution in [0.4, 0.5) is 0 Å². The van der Waals surface area contributed by atoms with Crippen molar-refractivity contribution in [2.75, 3.05) is 7.11 Å². The van der Waals surface area contributed by atoms with Gasteiger partial charge in [-0.1, -0.05) is 22.9 Å². The number of hydrogen-bond donors (Lipinski definition) is 0. The van der Waals surface area contributed by atoms with E-state index in [1.807, 2.05) is 6.92 Å². The molecule has 2 aromatic heterocycles. The van der Waals surface area contributed by atoms with E-state index in [4.69, 9.17) is 16.3 Å². The molecule has 0 unspecified atom stereocenters. The standard InChI is InChI=1S/C11H8BrClN2O3S/c1-5-3-4-6(8(12)14-5)18-11-15-9(13)7(19-11)10(16)17-2/h3-4H,1-2H3. The Kier molecular flexibility index (Phi) is 4.38. The van der Waals surface area contributed by atoms with E-state index in [0.717, 1.165) is 17.0 Å². The molecule has 0 radical (unpaired) electrons. The van der Waals surface area contributed by atoms with Gasteiger partial charge in [-0.15, -0.1) is 0 Å². The van der Waals surface area contributed by atoms with Gasteiger partial charge in [0.05, 0.1) is 7.11 Å². The molecule has 0 saturated carbocycles. The summed E-state index contributed by atoms with van der Waals surface area (Å²) in [6.07, 6.45) is 0. The molecule has 0 atom stereocenters. The van der Waals surface area contributed by atoms with Crippen molar-refractivity contribution < 1.29 is 14.3 Å². The molecule has 2 rings (SSSR count). The van der Waals surface area contributed by atoms with Gasteiger partial charge in [-0.2, -0.15) is 4.98 Å². The molecule has 0 aliphatic heterocycles. The van der Waals surface area contributed by atoms with Crippen molar-refractivity contribution in [3.63, 3.8) is 0 Å². The fraction of sp³-hybridized carbons (Fsp3) is 0.182. The number of pyridine rings is 1. The number of aromatic nitrogens is 2. The summed E-state index contributed by atoms with van der Waals surface area (Å²) < 4.78 is 10.7. The molecule has 5 nitrogen and oxygen atoms in total. The van der Waals surface area contributed by atoms with Gasteiger partial charge in [0.1, 0.15) is 4.60 Å². The van der Waals surface area contributed by atoms with Crippen LogP contribution >= 0.6 is 38.9 Å². The van der Waals surface area contributed by atoms with Crippen molar-refractivity contribution >= 4 is 44.8 Å². The Balaban J connectivity index is 2.26. The SMILES string of the molecule is COC(=O)c1sc(Oc2ccc(C)nc2Br)nc1Cl. The Bertz CT molecular complexity index is 632. The minimum atomic E-state index is -0.543.